The van der Waals surface area contributed by atoms with Crippen molar-refractivity contribution in [2.45, 2.75) is 64.7 Å². The predicted molar refractivity (Wildman–Crippen MR) is 83.8 cm³/mol. The summed E-state index contributed by atoms with van der Waals surface area (Å²) in [5, 5.41) is 1.85. The van der Waals surface area contributed by atoms with Gasteiger partial charge in [0.25, 0.3) is 0 Å². The summed E-state index contributed by atoms with van der Waals surface area (Å²) in [5.41, 5.74) is 0.737. The summed E-state index contributed by atoms with van der Waals surface area (Å²) in [6, 6.07) is 1.86. The van der Waals surface area contributed by atoms with Crippen LogP contribution in [0.2, 0.25) is 0 Å². The van der Waals surface area contributed by atoms with E-state index in [1.165, 1.54) is 51.4 Å². The molecular weight excluding hydrogens is 252 g/mol. The summed E-state index contributed by atoms with van der Waals surface area (Å²) < 4.78 is 0. The van der Waals surface area contributed by atoms with Crippen molar-refractivity contribution >= 4 is 17.6 Å². The lowest BCUT2D eigenvalue weighted by atomic mass is 10.1. The highest BCUT2D eigenvalue weighted by atomic mass is 32.1. The second-order valence-electron chi connectivity index (χ2n) is 4.89. The zero-order valence-electron chi connectivity index (χ0n) is 11.9. The van der Waals surface area contributed by atoms with E-state index in [0.29, 0.717) is 0 Å². The zero-order valence-corrected chi connectivity index (χ0v) is 12.7. The maximum absolute atomic E-state index is 10.5. The molecule has 104 valence electrons. The van der Waals surface area contributed by atoms with Crippen molar-refractivity contribution in [2.75, 3.05) is 0 Å². The van der Waals surface area contributed by atoms with Crippen LogP contribution in [0.3, 0.4) is 0 Å². The summed E-state index contributed by atoms with van der Waals surface area (Å²) in [5.74, 6) is 6.32. The molecule has 0 aromatic carbocycles. The second kappa shape index (κ2) is 10.8. The third-order valence-electron chi connectivity index (χ3n) is 3.12. The summed E-state index contributed by atoms with van der Waals surface area (Å²) >= 11 is 1.55. The van der Waals surface area contributed by atoms with E-state index in [0.717, 1.165) is 23.1 Å². The highest BCUT2D eigenvalue weighted by Gasteiger charge is 1.94. The minimum Gasteiger partial charge on any atom is -0.298 e. The van der Waals surface area contributed by atoms with E-state index in [1.54, 1.807) is 11.3 Å². The van der Waals surface area contributed by atoms with Gasteiger partial charge in [-0.2, -0.15) is 0 Å². The van der Waals surface area contributed by atoms with Gasteiger partial charge in [0.2, 0.25) is 0 Å². The van der Waals surface area contributed by atoms with Gasteiger partial charge >= 0.3 is 0 Å². The van der Waals surface area contributed by atoms with Gasteiger partial charge in [0.05, 0.1) is 4.88 Å². The third kappa shape index (κ3) is 7.85. The van der Waals surface area contributed by atoms with Crippen LogP contribution in [0.4, 0.5) is 0 Å². The molecule has 0 saturated carbocycles. The van der Waals surface area contributed by atoms with Crippen LogP contribution in [0.1, 0.15) is 79.9 Å². The molecule has 0 aliphatic heterocycles. The Morgan fingerprint density at radius 1 is 1.11 bits per heavy atom. The van der Waals surface area contributed by atoms with Crippen LogP contribution in [0, 0.1) is 11.8 Å². The van der Waals surface area contributed by atoms with Crippen molar-refractivity contribution in [3.05, 3.63) is 21.9 Å². The van der Waals surface area contributed by atoms with Gasteiger partial charge < -0.3 is 0 Å². The molecule has 0 spiro atoms. The fraction of sp³-hybridized carbons (Fsp3) is 0.588. The highest BCUT2D eigenvalue weighted by molar-refractivity contribution is 7.10. The Kier molecular flexibility index (Phi) is 9.10. The van der Waals surface area contributed by atoms with E-state index in [2.05, 4.69) is 18.8 Å². The molecule has 0 bridgehead atoms. The monoisotopic (exact) mass is 276 g/mol. The van der Waals surface area contributed by atoms with Gasteiger partial charge in [-0.3, -0.25) is 4.79 Å². The Balaban J connectivity index is 2.00. The van der Waals surface area contributed by atoms with E-state index in [9.17, 15) is 4.79 Å². The Morgan fingerprint density at radius 2 is 1.79 bits per heavy atom. The number of unbranched alkanes of at least 4 members (excludes halogenated alkanes) is 8. The van der Waals surface area contributed by atoms with Crippen molar-refractivity contribution in [1.29, 1.82) is 0 Å². The first-order chi connectivity index (χ1) is 9.36. The number of hydrogen-bond donors (Lipinski definition) is 0. The molecule has 0 aliphatic carbocycles. The van der Waals surface area contributed by atoms with Crippen molar-refractivity contribution in [1.82, 2.24) is 0 Å². The molecule has 1 heterocycles. The fourth-order valence-electron chi connectivity index (χ4n) is 1.98. The molecular formula is C17H24OS. The average Bonchev–Trinajstić information content (AvgIpc) is 2.89. The van der Waals surface area contributed by atoms with E-state index in [1.807, 2.05) is 11.4 Å². The third-order valence-corrected chi connectivity index (χ3v) is 3.99. The summed E-state index contributed by atoms with van der Waals surface area (Å²) in [6.07, 6.45) is 12.6. The normalized spacial score (nSPS) is 9.95. The summed E-state index contributed by atoms with van der Waals surface area (Å²) in [6.45, 7) is 2.25. The molecule has 1 rings (SSSR count). The van der Waals surface area contributed by atoms with Crippen LogP contribution >= 0.6 is 11.3 Å². The quantitative estimate of drug-likeness (QED) is 0.333. The van der Waals surface area contributed by atoms with Gasteiger partial charge in [0.15, 0.2) is 6.29 Å². The smallest absolute Gasteiger partial charge is 0.150 e. The van der Waals surface area contributed by atoms with Crippen molar-refractivity contribution in [3.8, 4) is 11.8 Å². The van der Waals surface area contributed by atoms with E-state index in [-0.39, 0.29) is 0 Å². The SMILES string of the molecule is CCCCCCCCCCC#Cc1cc(C=O)cs1. The number of carbonyl (C=O) groups is 1. The van der Waals surface area contributed by atoms with Crippen LogP contribution < -0.4 is 0 Å². The molecule has 0 amide bonds. The summed E-state index contributed by atoms with van der Waals surface area (Å²) in [7, 11) is 0. The van der Waals surface area contributed by atoms with Crippen LogP contribution in [-0.4, -0.2) is 6.29 Å². The molecule has 1 aromatic heterocycles. The molecule has 0 aliphatic rings. The molecule has 19 heavy (non-hydrogen) atoms. The lowest BCUT2D eigenvalue weighted by molar-refractivity contribution is 0.112. The van der Waals surface area contributed by atoms with Crippen molar-refractivity contribution < 1.29 is 4.79 Å². The Hall–Kier alpha value is -1.07. The van der Waals surface area contributed by atoms with Gasteiger partial charge in [-0.05, 0) is 12.5 Å². The Labute approximate surface area is 121 Å². The lowest BCUT2D eigenvalue weighted by Gasteiger charge is -1.99. The second-order valence-corrected chi connectivity index (χ2v) is 5.80. The highest BCUT2D eigenvalue weighted by Crippen LogP contribution is 2.12. The molecule has 1 nitrogen and oxygen atoms in total. The van der Waals surface area contributed by atoms with E-state index in [4.69, 9.17) is 0 Å². The first-order valence-electron chi connectivity index (χ1n) is 7.39. The summed E-state index contributed by atoms with van der Waals surface area (Å²) in [4.78, 5) is 11.5. The molecule has 1 aromatic rings. The Bertz CT molecular complexity index is 408. The minimum atomic E-state index is 0.737. The standard InChI is InChI=1S/C17H24OS/c1-2-3-4-5-6-7-8-9-10-11-12-17-13-16(14-18)15-19-17/h13-15H,2-10H2,1H3. The first-order valence-corrected chi connectivity index (χ1v) is 8.27. The van der Waals surface area contributed by atoms with E-state index >= 15 is 0 Å². The largest absolute Gasteiger partial charge is 0.298 e. The predicted octanol–water partition coefficient (Wildman–Crippen LogP) is 5.44. The maximum Gasteiger partial charge on any atom is 0.150 e. The molecule has 2 heteroatoms. The van der Waals surface area contributed by atoms with Gasteiger partial charge in [0, 0.05) is 17.4 Å². The van der Waals surface area contributed by atoms with Gasteiger partial charge in [0.1, 0.15) is 0 Å². The van der Waals surface area contributed by atoms with Gasteiger partial charge in [-0.25, -0.2) is 0 Å². The van der Waals surface area contributed by atoms with Crippen LogP contribution in [-0.2, 0) is 0 Å². The lowest BCUT2D eigenvalue weighted by Crippen LogP contribution is -1.80. The number of thiophene rings is 1. The first kappa shape index (κ1) is 16.0. The van der Waals surface area contributed by atoms with E-state index < -0.39 is 0 Å². The minimum absolute atomic E-state index is 0.737. The van der Waals surface area contributed by atoms with Crippen LogP contribution in [0.5, 0.6) is 0 Å². The molecule has 0 N–H and O–H groups in total. The fourth-order valence-corrected chi connectivity index (χ4v) is 2.70. The number of rotatable bonds is 9. The van der Waals surface area contributed by atoms with Crippen molar-refractivity contribution in [2.24, 2.45) is 0 Å². The number of hydrogen-bond acceptors (Lipinski definition) is 2. The molecule has 0 unspecified atom stereocenters. The number of carbonyl (C=O) groups excluding carboxylic acids is 1. The zero-order chi connectivity index (χ0) is 13.8. The maximum atomic E-state index is 10.5. The topological polar surface area (TPSA) is 17.1 Å². The average molecular weight is 276 g/mol. The molecule has 0 fully saturated rings. The van der Waals surface area contributed by atoms with Crippen LogP contribution in [0.15, 0.2) is 11.4 Å². The van der Waals surface area contributed by atoms with Crippen LogP contribution in [0.25, 0.3) is 0 Å². The molecule has 0 saturated heterocycles. The van der Waals surface area contributed by atoms with Crippen molar-refractivity contribution in [3.63, 3.8) is 0 Å². The molecule has 0 atom stereocenters. The Morgan fingerprint density at radius 3 is 2.42 bits per heavy atom. The van der Waals surface area contributed by atoms with Gasteiger partial charge in [-0.1, -0.05) is 63.7 Å². The number of aldehydes is 1. The molecule has 0 radical (unpaired) electrons. The van der Waals surface area contributed by atoms with Gasteiger partial charge in [-0.15, -0.1) is 11.3 Å².